The van der Waals surface area contributed by atoms with E-state index in [0.717, 1.165) is 5.56 Å². The van der Waals surface area contributed by atoms with E-state index in [2.05, 4.69) is 9.97 Å². The number of aliphatic hydroxyl groups is 1. The molecule has 0 saturated heterocycles. The second kappa shape index (κ2) is 6.57. The highest BCUT2D eigenvalue weighted by Crippen LogP contribution is 2.43. The van der Waals surface area contributed by atoms with Crippen LogP contribution in [0, 0.1) is 12.3 Å². The molecule has 0 amide bonds. The number of rotatable bonds is 3. The van der Waals surface area contributed by atoms with Crippen molar-refractivity contribution in [3.8, 4) is 5.88 Å². The lowest BCUT2D eigenvalue weighted by atomic mass is 9.71. The van der Waals surface area contributed by atoms with Crippen molar-refractivity contribution in [1.82, 2.24) is 9.97 Å². The number of aromatic hydroxyl groups is 1. The van der Waals surface area contributed by atoms with Gasteiger partial charge >= 0.3 is 5.69 Å². The van der Waals surface area contributed by atoms with Gasteiger partial charge in [0, 0.05) is 18.4 Å². The zero-order valence-electron chi connectivity index (χ0n) is 15.4. The molecule has 1 unspecified atom stereocenters. The number of nitrogens with one attached hydrogen (secondary N) is 2. The third kappa shape index (κ3) is 3.58. The molecule has 7 nitrogen and oxygen atoms in total. The molecule has 1 atom stereocenters. The minimum absolute atomic E-state index is 0.0750. The highest BCUT2D eigenvalue weighted by Gasteiger charge is 2.39. The summed E-state index contributed by atoms with van der Waals surface area (Å²) in [5.74, 6) is -2.01. The van der Waals surface area contributed by atoms with Crippen molar-refractivity contribution in [3.05, 3.63) is 73.1 Å². The van der Waals surface area contributed by atoms with Gasteiger partial charge in [0.15, 0.2) is 5.78 Å². The summed E-state index contributed by atoms with van der Waals surface area (Å²) < 4.78 is 0. The average molecular weight is 370 g/mol. The van der Waals surface area contributed by atoms with Crippen LogP contribution in [0.25, 0.3) is 0 Å². The molecule has 0 saturated carbocycles. The molecular weight excluding hydrogens is 348 g/mol. The van der Waals surface area contributed by atoms with Crippen molar-refractivity contribution in [2.75, 3.05) is 0 Å². The lowest BCUT2D eigenvalue weighted by Crippen LogP contribution is -2.32. The summed E-state index contributed by atoms with van der Waals surface area (Å²) in [5, 5.41) is 20.9. The lowest BCUT2D eigenvalue weighted by molar-refractivity contribution is -0.118. The standard InChI is InChI=1S/C20H22N2O5/c1-10-4-6-11(7-5-10)14(16-17(25)21-19(27)22-18(16)26)15-12(23)8-20(2,3)9-13(15)24/h4-7,14,23H,8-9H2,1-3H3,(H3,21,22,25,26,27). The van der Waals surface area contributed by atoms with Crippen molar-refractivity contribution >= 4 is 5.78 Å². The average Bonchev–Trinajstić information content (AvgIpc) is 2.51. The van der Waals surface area contributed by atoms with Crippen molar-refractivity contribution in [1.29, 1.82) is 0 Å². The summed E-state index contributed by atoms with van der Waals surface area (Å²) in [7, 11) is 0. The number of aryl methyl sites for hydroxylation is 1. The molecule has 1 aromatic heterocycles. The highest BCUT2D eigenvalue weighted by atomic mass is 16.3. The number of aromatic amines is 2. The minimum atomic E-state index is -0.991. The van der Waals surface area contributed by atoms with Gasteiger partial charge in [0.2, 0.25) is 5.88 Å². The van der Waals surface area contributed by atoms with Crippen LogP contribution in [-0.4, -0.2) is 26.0 Å². The molecule has 1 heterocycles. The molecule has 3 rings (SSSR count). The Labute approximate surface area is 155 Å². The Morgan fingerprint density at radius 3 is 2.19 bits per heavy atom. The van der Waals surface area contributed by atoms with E-state index in [-0.39, 0.29) is 35.5 Å². The van der Waals surface area contributed by atoms with E-state index in [4.69, 9.17) is 0 Å². The summed E-state index contributed by atoms with van der Waals surface area (Å²) in [6.07, 6.45) is 0.481. The van der Waals surface area contributed by atoms with Crippen molar-refractivity contribution in [2.24, 2.45) is 5.41 Å². The monoisotopic (exact) mass is 370 g/mol. The number of ketones is 1. The fourth-order valence-corrected chi connectivity index (χ4v) is 3.62. The van der Waals surface area contributed by atoms with E-state index in [9.17, 15) is 24.6 Å². The summed E-state index contributed by atoms with van der Waals surface area (Å²) >= 11 is 0. The first-order valence-electron chi connectivity index (χ1n) is 8.66. The van der Waals surface area contributed by atoms with Crippen LogP contribution in [0.5, 0.6) is 5.88 Å². The molecule has 0 fully saturated rings. The Kier molecular flexibility index (Phi) is 4.55. The number of carbonyl (C=O) groups excluding carboxylic acids is 1. The molecule has 1 aromatic carbocycles. The van der Waals surface area contributed by atoms with Crippen molar-refractivity contribution in [3.63, 3.8) is 0 Å². The number of benzene rings is 1. The van der Waals surface area contributed by atoms with Crippen LogP contribution in [-0.2, 0) is 4.79 Å². The summed E-state index contributed by atoms with van der Waals surface area (Å²) in [6, 6.07) is 7.09. The maximum absolute atomic E-state index is 12.9. The molecule has 2 aromatic rings. The van der Waals surface area contributed by atoms with E-state index in [1.807, 2.05) is 32.9 Å². The Bertz CT molecular complexity index is 1040. The largest absolute Gasteiger partial charge is 0.512 e. The number of hydrogen-bond acceptors (Lipinski definition) is 5. The van der Waals surface area contributed by atoms with Gasteiger partial charge in [-0.15, -0.1) is 0 Å². The first-order valence-corrected chi connectivity index (χ1v) is 8.66. The fourth-order valence-electron chi connectivity index (χ4n) is 3.62. The van der Waals surface area contributed by atoms with Gasteiger partial charge in [-0.2, -0.15) is 0 Å². The van der Waals surface area contributed by atoms with Crippen molar-refractivity contribution < 1.29 is 15.0 Å². The molecule has 27 heavy (non-hydrogen) atoms. The van der Waals surface area contributed by atoms with Crippen LogP contribution in [0.3, 0.4) is 0 Å². The second-order valence-corrected chi connectivity index (χ2v) is 7.82. The number of H-pyrrole nitrogens is 2. The van der Waals surface area contributed by atoms with Gasteiger partial charge < -0.3 is 10.2 Å². The van der Waals surface area contributed by atoms with Crippen molar-refractivity contribution in [2.45, 2.75) is 39.5 Å². The summed E-state index contributed by atoms with van der Waals surface area (Å²) in [6.45, 7) is 5.65. The van der Waals surface area contributed by atoms with Gasteiger partial charge in [0.05, 0.1) is 11.5 Å². The molecule has 7 heteroatoms. The Hall–Kier alpha value is -3.09. The predicted octanol–water partition coefficient (Wildman–Crippen LogP) is 2.41. The van der Waals surface area contributed by atoms with E-state index in [0.29, 0.717) is 5.56 Å². The Morgan fingerprint density at radius 1 is 1.00 bits per heavy atom. The molecule has 0 radical (unpaired) electrons. The Balaban J connectivity index is 2.30. The summed E-state index contributed by atoms with van der Waals surface area (Å²) in [5.41, 5.74) is -0.617. The van der Waals surface area contributed by atoms with Crippen LogP contribution in [0.15, 0.2) is 45.2 Å². The summed E-state index contributed by atoms with van der Waals surface area (Å²) in [4.78, 5) is 41.1. The Morgan fingerprint density at radius 2 is 1.63 bits per heavy atom. The number of aromatic nitrogens is 2. The van der Waals surface area contributed by atoms with Gasteiger partial charge in [0.1, 0.15) is 5.76 Å². The molecule has 1 aliphatic rings. The maximum Gasteiger partial charge on any atom is 0.328 e. The number of allylic oxidation sites excluding steroid dienone is 2. The van der Waals surface area contributed by atoms with Gasteiger partial charge in [-0.1, -0.05) is 43.7 Å². The van der Waals surface area contributed by atoms with Gasteiger partial charge in [0.25, 0.3) is 5.56 Å². The van der Waals surface area contributed by atoms with Crippen LogP contribution in [0.1, 0.15) is 49.3 Å². The number of aliphatic hydroxyl groups excluding tert-OH is 1. The maximum atomic E-state index is 12.9. The van der Waals surface area contributed by atoms with Gasteiger partial charge in [-0.25, -0.2) is 4.79 Å². The topological polar surface area (TPSA) is 123 Å². The number of carbonyl (C=O) groups is 1. The molecular formula is C20H22N2O5. The molecule has 0 bridgehead atoms. The first kappa shape index (κ1) is 18.7. The fraction of sp³-hybridized carbons (Fsp3) is 0.350. The minimum Gasteiger partial charge on any atom is -0.512 e. The van der Waals surface area contributed by atoms with Crippen LogP contribution < -0.4 is 11.2 Å². The van der Waals surface area contributed by atoms with E-state index in [1.165, 1.54) is 0 Å². The number of Topliss-reactive ketones (excluding diaryl/α,β-unsaturated/α-hetero) is 1. The zero-order chi connectivity index (χ0) is 19.9. The number of hydrogen-bond donors (Lipinski definition) is 4. The third-order valence-electron chi connectivity index (χ3n) is 4.84. The normalized spacial score (nSPS) is 17.8. The van der Waals surface area contributed by atoms with Gasteiger partial charge in [-0.3, -0.25) is 19.6 Å². The highest BCUT2D eigenvalue weighted by molar-refractivity contribution is 5.99. The smallest absolute Gasteiger partial charge is 0.328 e. The van der Waals surface area contributed by atoms with Crippen LogP contribution in [0.4, 0.5) is 0 Å². The molecule has 1 aliphatic carbocycles. The molecule has 0 spiro atoms. The molecule has 0 aliphatic heterocycles. The lowest BCUT2D eigenvalue weighted by Gasteiger charge is -2.32. The van der Waals surface area contributed by atoms with E-state index < -0.39 is 28.5 Å². The molecule has 4 N–H and O–H groups in total. The SMILES string of the molecule is Cc1ccc(C(C2=C(O)CC(C)(C)CC2=O)c2c(O)[nH]c(=O)[nH]c2=O)cc1. The first-order chi connectivity index (χ1) is 12.6. The quantitative estimate of drug-likeness (QED) is 0.661. The third-order valence-corrected chi connectivity index (χ3v) is 4.84. The second-order valence-electron chi connectivity index (χ2n) is 7.82. The predicted molar refractivity (Wildman–Crippen MR) is 100 cm³/mol. The van der Waals surface area contributed by atoms with Gasteiger partial charge in [-0.05, 0) is 17.9 Å². The zero-order valence-corrected chi connectivity index (χ0v) is 15.4. The molecule has 142 valence electrons. The van der Waals surface area contributed by atoms with E-state index >= 15 is 0 Å². The van der Waals surface area contributed by atoms with Crippen LogP contribution in [0.2, 0.25) is 0 Å². The van der Waals surface area contributed by atoms with Crippen LogP contribution >= 0.6 is 0 Å². The van der Waals surface area contributed by atoms with E-state index in [1.54, 1.807) is 12.1 Å².